The summed E-state index contributed by atoms with van der Waals surface area (Å²) in [6, 6.07) is 0. The van der Waals surface area contributed by atoms with Crippen LogP contribution in [0.3, 0.4) is 0 Å². The van der Waals surface area contributed by atoms with E-state index in [0.717, 1.165) is 5.92 Å². The molecule has 0 saturated heterocycles. The molecule has 0 aliphatic heterocycles. The molecule has 0 amide bonds. The smallest absolute Gasteiger partial charge is 0.0417 e. The zero-order valence-electron chi connectivity index (χ0n) is 23.4. The molecule has 0 heterocycles. The van der Waals surface area contributed by atoms with Gasteiger partial charge in [-0.15, -0.1) is 0 Å². The SMILES string of the molecule is CCCCCCCCCCCCCCCCCCCCCCCCCC(CC)CCCC. The third-order valence-corrected chi connectivity index (χ3v) is 7.76. The van der Waals surface area contributed by atoms with Crippen LogP contribution in [0.15, 0.2) is 0 Å². The fourth-order valence-corrected chi connectivity index (χ4v) is 5.26. The number of unbranched alkanes of at least 4 members (excludes halogenated alkanes) is 23. The number of rotatable bonds is 28. The van der Waals surface area contributed by atoms with Gasteiger partial charge in [0, 0.05) is 0 Å². The Morgan fingerprint density at radius 1 is 0.281 bits per heavy atom. The molecule has 194 valence electrons. The van der Waals surface area contributed by atoms with Gasteiger partial charge in [0.25, 0.3) is 0 Å². The lowest BCUT2D eigenvalue weighted by molar-refractivity contribution is 0.399. The molecule has 32 heavy (non-hydrogen) atoms. The fraction of sp³-hybridized carbons (Fsp3) is 1.00. The first kappa shape index (κ1) is 32.0. The maximum atomic E-state index is 2.39. The van der Waals surface area contributed by atoms with Gasteiger partial charge in [-0.25, -0.2) is 0 Å². The maximum Gasteiger partial charge on any atom is -0.0417 e. The van der Waals surface area contributed by atoms with Crippen LogP contribution in [-0.4, -0.2) is 0 Å². The van der Waals surface area contributed by atoms with Gasteiger partial charge in [0.15, 0.2) is 0 Å². The molecule has 0 aliphatic carbocycles. The van der Waals surface area contributed by atoms with E-state index in [1.807, 2.05) is 0 Å². The van der Waals surface area contributed by atoms with Crippen LogP contribution in [0.2, 0.25) is 0 Å². The predicted molar refractivity (Wildman–Crippen MR) is 150 cm³/mol. The lowest BCUT2D eigenvalue weighted by Gasteiger charge is -2.13. The first-order valence-electron chi connectivity index (χ1n) is 15.8. The molecule has 1 unspecified atom stereocenters. The summed E-state index contributed by atoms with van der Waals surface area (Å²) in [6.45, 7) is 7.02. The van der Waals surface area contributed by atoms with Crippen molar-refractivity contribution in [2.45, 2.75) is 201 Å². The van der Waals surface area contributed by atoms with Crippen molar-refractivity contribution >= 4 is 0 Å². The minimum atomic E-state index is 1.02. The summed E-state index contributed by atoms with van der Waals surface area (Å²) in [7, 11) is 0. The minimum Gasteiger partial charge on any atom is -0.0654 e. The summed E-state index contributed by atoms with van der Waals surface area (Å²) in [5, 5.41) is 0. The van der Waals surface area contributed by atoms with Crippen molar-refractivity contribution in [2.24, 2.45) is 5.92 Å². The Balaban J connectivity index is 3.09. The molecule has 0 aromatic heterocycles. The molecule has 0 radical (unpaired) electrons. The third-order valence-electron chi connectivity index (χ3n) is 7.76. The van der Waals surface area contributed by atoms with Crippen LogP contribution in [0.1, 0.15) is 201 Å². The van der Waals surface area contributed by atoms with Gasteiger partial charge >= 0.3 is 0 Å². The van der Waals surface area contributed by atoms with E-state index in [2.05, 4.69) is 20.8 Å². The Bertz CT molecular complexity index is 307. The molecular formula is C32H66. The molecule has 0 nitrogen and oxygen atoms in total. The van der Waals surface area contributed by atoms with Crippen molar-refractivity contribution in [1.29, 1.82) is 0 Å². The zero-order valence-corrected chi connectivity index (χ0v) is 23.4. The summed E-state index contributed by atoms with van der Waals surface area (Å²) in [5.74, 6) is 1.02. The van der Waals surface area contributed by atoms with E-state index in [4.69, 9.17) is 0 Å². The second kappa shape index (κ2) is 29.0. The molecule has 0 bridgehead atoms. The molecule has 0 aliphatic rings. The molecule has 0 rings (SSSR count). The highest BCUT2D eigenvalue weighted by Gasteiger charge is 2.05. The van der Waals surface area contributed by atoms with Gasteiger partial charge in [-0.05, 0) is 5.92 Å². The van der Waals surface area contributed by atoms with Crippen molar-refractivity contribution in [2.75, 3.05) is 0 Å². The molecule has 0 aromatic rings. The maximum absolute atomic E-state index is 2.39. The Morgan fingerprint density at radius 2 is 0.531 bits per heavy atom. The van der Waals surface area contributed by atoms with Gasteiger partial charge in [-0.3, -0.25) is 0 Å². The highest BCUT2D eigenvalue weighted by atomic mass is 14.1. The van der Waals surface area contributed by atoms with E-state index in [0.29, 0.717) is 0 Å². The van der Waals surface area contributed by atoms with E-state index < -0.39 is 0 Å². The van der Waals surface area contributed by atoms with E-state index in [9.17, 15) is 0 Å². The molecule has 0 saturated carbocycles. The second-order valence-corrected chi connectivity index (χ2v) is 11.0. The van der Waals surface area contributed by atoms with Crippen LogP contribution in [-0.2, 0) is 0 Å². The summed E-state index contributed by atoms with van der Waals surface area (Å²) in [6.07, 6.45) is 41.3. The van der Waals surface area contributed by atoms with E-state index in [1.165, 1.54) is 180 Å². The standard InChI is InChI=1S/C32H66/c1-4-7-9-10-11-12-13-14-15-16-17-18-19-20-21-22-23-24-25-26-27-28-29-31-32(6-3)30-8-5-2/h32H,4-31H2,1-3H3. The lowest BCUT2D eigenvalue weighted by atomic mass is 9.93. The Morgan fingerprint density at radius 3 is 0.812 bits per heavy atom. The molecule has 1 atom stereocenters. The van der Waals surface area contributed by atoms with Crippen LogP contribution in [0.5, 0.6) is 0 Å². The normalized spacial score (nSPS) is 12.5. The minimum absolute atomic E-state index is 1.02. The van der Waals surface area contributed by atoms with Crippen LogP contribution in [0.25, 0.3) is 0 Å². The van der Waals surface area contributed by atoms with Crippen LogP contribution in [0, 0.1) is 5.92 Å². The Hall–Kier alpha value is 0. The monoisotopic (exact) mass is 451 g/mol. The second-order valence-electron chi connectivity index (χ2n) is 11.0. The van der Waals surface area contributed by atoms with Crippen molar-refractivity contribution in [1.82, 2.24) is 0 Å². The molecule has 0 aromatic carbocycles. The summed E-state index contributed by atoms with van der Waals surface area (Å²) < 4.78 is 0. The van der Waals surface area contributed by atoms with Gasteiger partial charge in [0.05, 0.1) is 0 Å². The fourth-order valence-electron chi connectivity index (χ4n) is 5.26. The Kier molecular flexibility index (Phi) is 29.0. The molecule has 0 heteroatoms. The van der Waals surface area contributed by atoms with E-state index in [1.54, 1.807) is 0 Å². The van der Waals surface area contributed by atoms with E-state index >= 15 is 0 Å². The van der Waals surface area contributed by atoms with Gasteiger partial charge in [0.1, 0.15) is 0 Å². The topological polar surface area (TPSA) is 0 Å². The molecule has 0 fully saturated rings. The summed E-state index contributed by atoms with van der Waals surface area (Å²) in [4.78, 5) is 0. The lowest BCUT2D eigenvalue weighted by Crippen LogP contribution is -1.98. The Labute approximate surface area is 206 Å². The largest absolute Gasteiger partial charge is 0.0654 e. The van der Waals surface area contributed by atoms with Crippen molar-refractivity contribution in [3.63, 3.8) is 0 Å². The van der Waals surface area contributed by atoms with Crippen molar-refractivity contribution in [3.05, 3.63) is 0 Å². The quantitative estimate of drug-likeness (QED) is 0.104. The molecule has 0 N–H and O–H groups in total. The average molecular weight is 451 g/mol. The van der Waals surface area contributed by atoms with Crippen LogP contribution < -0.4 is 0 Å². The van der Waals surface area contributed by atoms with Crippen molar-refractivity contribution in [3.8, 4) is 0 Å². The summed E-state index contributed by atoms with van der Waals surface area (Å²) >= 11 is 0. The predicted octanol–water partition coefficient (Wildman–Crippen LogP) is 12.6. The first-order valence-corrected chi connectivity index (χ1v) is 15.8. The number of hydrogen-bond acceptors (Lipinski definition) is 0. The highest BCUT2D eigenvalue weighted by Crippen LogP contribution is 2.21. The van der Waals surface area contributed by atoms with Crippen LogP contribution >= 0.6 is 0 Å². The molecule has 0 spiro atoms. The van der Waals surface area contributed by atoms with Gasteiger partial charge < -0.3 is 0 Å². The molecular weight excluding hydrogens is 384 g/mol. The van der Waals surface area contributed by atoms with E-state index in [-0.39, 0.29) is 0 Å². The average Bonchev–Trinajstić information content (AvgIpc) is 2.81. The summed E-state index contributed by atoms with van der Waals surface area (Å²) in [5.41, 5.74) is 0. The number of hydrogen-bond donors (Lipinski definition) is 0. The van der Waals surface area contributed by atoms with Crippen molar-refractivity contribution < 1.29 is 0 Å². The zero-order chi connectivity index (χ0) is 23.4. The van der Waals surface area contributed by atoms with Crippen LogP contribution in [0.4, 0.5) is 0 Å². The van der Waals surface area contributed by atoms with Gasteiger partial charge in [-0.1, -0.05) is 201 Å². The van der Waals surface area contributed by atoms with Gasteiger partial charge in [0.2, 0.25) is 0 Å². The highest BCUT2D eigenvalue weighted by molar-refractivity contribution is 4.58. The first-order chi connectivity index (χ1) is 15.8. The van der Waals surface area contributed by atoms with Gasteiger partial charge in [-0.2, -0.15) is 0 Å². The third kappa shape index (κ3) is 26.3.